The van der Waals surface area contributed by atoms with E-state index in [1.807, 2.05) is 35.2 Å². The molecular formula is C30H32Cl2N2O5S2. The summed E-state index contributed by atoms with van der Waals surface area (Å²) >= 11 is 13.8. The fraction of sp³-hybridized carbons (Fsp3) is 0.400. The molecule has 1 N–H and O–H groups in total. The van der Waals surface area contributed by atoms with Gasteiger partial charge < -0.3 is 9.64 Å². The lowest BCUT2D eigenvalue weighted by atomic mass is 9.67. The molecule has 2 aliphatic rings. The molecule has 2 heterocycles. The molecule has 5 rings (SSSR count). The zero-order chi connectivity index (χ0) is 29.4. The fourth-order valence-corrected chi connectivity index (χ4v) is 8.37. The second-order valence-electron chi connectivity index (χ2n) is 11.1. The number of hydrogen-bond donors (Lipinski definition) is 1. The summed E-state index contributed by atoms with van der Waals surface area (Å²) in [6.07, 6.45) is 2.03. The average Bonchev–Trinajstić information content (AvgIpc) is 3.62. The van der Waals surface area contributed by atoms with Crippen LogP contribution in [-0.2, 0) is 24.3 Å². The first-order chi connectivity index (χ1) is 19.5. The summed E-state index contributed by atoms with van der Waals surface area (Å²) in [5, 5.41) is 2.85. The van der Waals surface area contributed by atoms with E-state index in [0.717, 1.165) is 35.3 Å². The number of methoxy groups -OCH3 is 1. The third kappa shape index (κ3) is 6.49. The van der Waals surface area contributed by atoms with Crippen LogP contribution in [0, 0.1) is 11.3 Å². The monoisotopic (exact) mass is 634 g/mol. The quantitative estimate of drug-likeness (QED) is 0.259. The number of piperidine rings is 1. The average molecular weight is 636 g/mol. The predicted molar refractivity (Wildman–Crippen MR) is 161 cm³/mol. The Morgan fingerprint density at radius 2 is 1.83 bits per heavy atom. The summed E-state index contributed by atoms with van der Waals surface area (Å²) in [7, 11) is -2.45. The molecule has 0 bridgehead atoms. The van der Waals surface area contributed by atoms with Crippen LogP contribution in [0.25, 0.3) is 0 Å². The SMILES string of the molecule is COC(=O)C[C@]1(C)C[C@H](c2cccc(Cl)c2)[C@@H](c2ccc(Cl)cc2)N([C@H](CNS(=O)(=O)c2cccs2)C2CC2)C1=O. The maximum absolute atomic E-state index is 14.6. The molecule has 7 nitrogen and oxygen atoms in total. The molecule has 1 saturated carbocycles. The van der Waals surface area contributed by atoms with E-state index >= 15 is 0 Å². The predicted octanol–water partition coefficient (Wildman–Crippen LogP) is 6.44. The van der Waals surface area contributed by atoms with Crippen LogP contribution in [0.3, 0.4) is 0 Å². The molecule has 11 heteroatoms. The number of nitrogens with one attached hydrogen (secondary N) is 1. The number of amides is 1. The normalized spacial score (nSPS) is 23.8. The highest BCUT2D eigenvalue weighted by Gasteiger charge is 2.54. The molecule has 4 atom stereocenters. The van der Waals surface area contributed by atoms with Crippen molar-refractivity contribution in [2.75, 3.05) is 13.7 Å². The summed E-state index contributed by atoms with van der Waals surface area (Å²) in [5.74, 6) is -0.803. The van der Waals surface area contributed by atoms with Gasteiger partial charge in [-0.1, -0.05) is 60.5 Å². The third-order valence-electron chi connectivity index (χ3n) is 8.12. The van der Waals surface area contributed by atoms with Gasteiger partial charge in [-0.25, -0.2) is 13.1 Å². The number of carbonyl (C=O) groups is 2. The molecule has 218 valence electrons. The van der Waals surface area contributed by atoms with Gasteiger partial charge in [0.1, 0.15) is 4.21 Å². The minimum absolute atomic E-state index is 0.0529. The molecule has 0 radical (unpaired) electrons. The number of hydrogen-bond acceptors (Lipinski definition) is 6. The Balaban J connectivity index is 1.63. The summed E-state index contributed by atoms with van der Waals surface area (Å²) in [6, 6.07) is 17.3. The Morgan fingerprint density at radius 3 is 2.44 bits per heavy atom. The van der Waals surface area contributed by atoms with Crippen LogP contribution >= 0.6 is 34.5 Å². The zero-order valence-corrected chi connectivity index (χ0v) is 25.9. The summed E-state index contributed by atoms with van der Waals surface area (Å²) < 4.78 is 34.3. The van der Waals surface area contributed by atoms with Crippen LogP contribution in [0.5, 0.6) is 0 Å². The van der Waals surface area contributed by atoms with Crippen LogP contribution in [0.2, 0.25) is 10.0 Å². The molecule has 2 fully saturated rings. The van der Waals surface area contributed by atoms with E-state index in [1.54, 1.807) is 42.6 Å². The smallest absolute Gasteiger partial charge is 0.306 e. The van der Waals surface area contributed by atoms with Gasteiger partial charge in [-0.2, -0.15) is 0 Å². The highest BCUT2D eigenvalue weighted by molar-refractivity contribution is 7.91. The number of thiophene rings is 1. The lowest BCUT2D eigenvalue weighted by Crippen LogP contribution is -2.59. The minimum Gasteiger partial charge on any atom is -0.469 e. The largest absolute Gasteiger partial charge is 0.469 e. The number of likely N-dealkylation sites (tertiary alicyclic amines) is 1. The lowest BCUT2D eigenvalue weighted by molar-refractivity contribution is -0.162. The number of carbonyl (C=O) groups excluding carboxylic acids is 2. The van der Waals surface area contributed by atoms with Crippen molar-refractivity contribution < 1.29 is 22.7 Å². The first-order valence-corrected chi connectivity index (χ1v) is 16.6. The van der Waals surface area contributed by atoms with E-state index in [2.05, 4.69) is 4.72 Å². The molecular weight excluding hydrogens is 603 g/mol. The minimum atomic E-state index is -3.76. The van der Waals surface area contributed by atoms with Crippen molar-refractivity contribution in [3.05, 3.63) is 87.2 Å². The van der Waals surface area contributed by atoms with Gasteiger partial charge in [0.05, 0.1) is 25.0 Å². The van der Waals surface area contributed by atoms with Crippen LogP contribution in [0.1, 0.15) is 55.7 Å². The first-order valence-electron chi connectivity index (χ1n) is 13.5. The molecule has 1 aliphatic heterocycles. The van der Waals surface area contributed by atoms with Crippen molar-refractivity contribution >= 4 is 56.4 Å². The van der Waals surface area contributed by atoms with E-state index in [1.165, 1.54) is 7.11 Å². The van der Waals surface area contributed by atoms with Crippen molar-refractivity contribution in [1.29, 1.82) is 0 Å². The van der Waals surface area contributed by atoms with Gasteiger partial charge in [0.25, 0.3) is 0 Å². The molecule has 2 aromatic carbocycles. The second kappa shape index (κ2) is 12.1. The van der Waals surface area contributed by atoms with Crippen molar-refractivity contribution in [2.24, 2.45) is 11.3 Å². The van der Waals surface area contributed by atoms with Crippen LogP contribution < -0.4 is 4.72 Å². The highest BCUT2D eigenvalue weighted by atomic mass is 35.5. The molecule has 0 spiro atoms. The Labute approximate surface area is 254 Å². The van der Waals surface area contributed by atoms with Gasteiger partial charge in [-0.15, -0.1) is 11.3 Å². The molecule has 1 aromatic heterocycles. The van der Waals surface area contributed by atoms with Gasteiger partial charge >= 0.3 is 5.97 Å². The van der Waals surface area contributed by atoms with E-state index in [4.69, 9.17) is 27.9 Å². The van der Waals surface area contributed by atoms with Crippen molar-refractivity contribution in [1.82, 2.24) is 9.62 Å². The standard InChI is InChI=1S/C30H32Cl2N2O5S2/c1-30(17-26(35)39-2)16-24(21-5-3-6-23(32)15-21)28(20-10-12-22(31)13-11-20)34(29(30)36)25(19-8-9-19)18-33-41(37,38)27-7-4-14-40-27/h3-7,10-15,19,24-25,28,33H,8-9,16-18H2,1-2H3/t24-,25-,28-,30+/m1/s1. The van der Waals surface area contributed by atoms with E-state index in [0.29, 0.717) is 16.5 Å². The van der Waals surface area contributed by atoms with Crippen molar-refractivity contribution in [2.45, 2.75) is 54.8 Å². The van der Waals surface area contributed by atoms with E-state index in [-0.39, 0.29) is 34.9 Å². The summed E-state index contributed by atoms with van der Waals surface area (Å²) in [4.78, 5) is 29.1. The van der Waals surface area contributed by atoms with Gasteiger partial charge in [-0.3, -0.25) is 9.59 Å². The van der Waals surface area contributed by atoms with E-state index < -0.39 is 33.5 Å². The molecule has 0 unspecified atom stereocenters. The van der Waals surface area contributed by atoms with Crippen molar-refractivity contribution in [3.63, 3.8) is 0 Å². The Kier molecular flexibility index (Phi) is 8.83. The number of rotatable bonds is 10. The van der Waals surface area contributed by atoms with E-state index in [9.17, 15) is 18.0 Å². The Bertz CT molecular complexity index is 1510. The number of nitrogens with zero attached hydrogens (tertiary/aromatic N) is 1. The molecule has 1 aliphatic carbocycles. The van der Waals surface area contributed by atoms with Crippen LogP contribution in [0.4, 0.5) is 0 Å². The maximum Gasteiger partial charge on any atom is 0.306 e. The molecule has 1 saturated heterocycles. The van der Waals surface area contributed by atoms with Crippen LogP contribution in [-0.4, -0.2) is 44.9 Å². The van der Waals surface area contributed by atoms with Gasteiger partial charge in [0.15, 0.2) is 0 Å². The lowest BCUT2D eigenvalue weighted by Gasteiger charge is -2.52. The third-order valence-corrected chi connectivity index (χ3v) is 11.4. The topological polar surface area (TPSA) is 92.8 Å². The number of esters is 1. The first kappa shape index (κ1) is 30.0. The number of halogens is 2. The number of benzene rings is 2. The highest BCUT2D eigenvalue weighted by Crippen LogP contribution is 2.54. The van der Waals surface area contributed by atoms with Gasteiger partial charge in [0, 0.05) is 28.5 Å². The number of sulfonamides is 1. The zero-order valence-electron chi connectivity index (χ0n) is 22.8. The van der Waals surface area contributed by atoms with Crippen molar-refractivity contribution in [3.8, 4) is 0 Å². The fourth-order valence-electron chi connectivity index (χ4n) is 5.96. The molecule has 41 heavy (non-hydrogen) atoms. The van der Waals surface area contributed by atoms with Gasteiger partial charge in [-0.05, 0) is 72.0 Å². The second-order valence-corrected chi connectivity index (χ2v) is 14.9. The molecule has 1 amide bonds. The summed E-state index contributed by atoms with van der Waals surface area (Å²) in [6.45, 7) is 1.85. The maximum atomic E-state index is 14.6. The summed E-state index contributed by atoms with van der Waals surface area (Å²) in [5.41, 5.74) is 0.724. The Morgan fingerprint density at radius 1 is 1.10 bits per heavy atom. The van der Waals surface area contributed by atoms with Gasteiger partial charge in [0.2, 0.25) is 15.9 Å². The molecule has 3 aromatic rings. The number of ether oxygens (including phenoxy) is 1. The Hall–Kier alpha value is -2.43. The van der Waals surface area contributed by atoms with Crippen LogP contribution in [0.15, 0.2) is 70.3 Å².